The lowest BCUT2D eigenvalue weighted by atomic mass is 9.85. The van der Waals surface area contributed by atoms with Crippen LogP contribution in [0.15, 0.2) is 24.3 Å². The molecule has 110 valence electrons. The molecule has 3 atom stereocenters. The van der Waals surface area contributed by atoms with E-state index in [1.165, 1.54) is 0 Å². The summed E-state index contributed by atoms with van der Waals surface area (Å²) in [5.74, 6) is 0.968. The number of hydrogen-bond donors (Lipinski definition) is 2. The minimum Gasteiger partial charge on any atom is -0.496 e. The Kier molecular flexibility index (Phi) is 5.01. The van der Waals surface area contributed by atoms with Gasteiger partial charge in [0, 0.05) is 17.5 Å². The third kappa shape index (κ3) is 3.51. The Morgan fingerprint density at radius 2 is 2.15 bits per heavy atom. The lowest BCUT2D eigenvalue weighted by molar-refractivity contribution is -0.126. The molecule has 0 radical (unpaired) electrons. The summed E-state index contributed by atoms with van der Waals surface area (Å²) < 4.78 is 5.34. The lowest BCUT2D eigenvalue weighted by Gasteiger charge is -2.27. The normalized spacial score (nSPS) is 23.9. The van der Waals surface area contributed by atoms with Gasteiger partial charge in [0.05, 0.1) is 13.2 Å². The Bertz CT molecular complexity index is 462. The molecule has 1 amide bonds. The number of para-hydroxylation sites is 1. The number of methoxy groups -OCH3 is 1. The number of rotatable bonds is 4. The smallest absolute Gasteiger partial charge is 0.223 e. The Balaban J connectivity index is 2.00. The molecule has 0 bridgehead atoms. The van der Waals surface area contributed by atoms with E-state index < -0.39 is 0 Å². The van der Waals surface area contributed by atoms with Crippen molar-refractivity contribution in [3.8, 4) is 5.75 Å². The van der Waals surface area contributed by atoms with E-state index in [0.29, 0.717) is 0 Å². The first-order valence-corrected chi connectivity index (χ1v) is 7.30. The maximum Gasteiger partial charge on any atom is 0.223 e. The Hall–Kier alpha value is -1.55. The van der Waals surface area contributed by atoms with Gasteiger partial charge >= 0.3 is 0 Å². The zero-order valence-electron chi connectivity index (χ0n) is 12.3. The van der Waals surface area contributed by atoms with Crippen molar-refractivity contribution in [1.82, 2.24) is 5.32 Å². The Morgan fingerprint density at radius 1 is 1.40 bits per heavy atom. The summed E-state index contributed by atoms with van der Waals surface area (Å²) in [5, 5.41) is 3.09. The van der Waals surface area contributed by atoms with E-state index in [4.69, 9.17) is 10.5 Å². The van der Waals surface area contributed by atoms with Crippen LogP contribution in [0.4, 0.5) is 0 Å². The molecule has 0 aliphatic heterocycles. The molecule has 1 aromatic rings. The van der Waals surface area contributed by atoms with Crippen molar-refractivity contribution in [1.29, 1.82) is 0 Å². The first kappa shape index (κ1) is 14.9. The third-order valence-electron chi connectivity index (χ3n) is 4.05. The number of carbonyl (C=O) groups excluding carboxylic acids is 1. The minimum absolute atomic E-state index is 0.0518. The van der Waals surface area contributed by atoms with E-state index in [1.54, 1.807) is 7.11 Å². The highest BCUT2D eigenvalue weighted by Crippen LogP contribution is 2.27. The van der Waals surface area contributed by atoms with Crippen molar-refractivity contribution in [3.05, 3.63) is 29.8 Å². The molecule has 4 heteroatoms. The second-order valence-corrected chi connectivity index (χ2v) is 5.60. The summed E-state index contributed by atoms with van der Waals surface area (Å²) in [6.07, 6.45) is 3.82. The van der Waals surface area contributed by atoms with Crippen molar-refractivity contribution >= 4 is 5.91 Å². The predicted molar refractivity (Wildman–Crippen MR) is 79.5 cm³/mol. The van der Waals surface area contributed by atoms with Crippen molar-refractivity contribution in [2.75, 3.05) is 7.11 Å². The molecule has 2 rings (SSSR count). The molecule has 3 N–H and O–H groups in total. The van der Waals surface area contributed by atoms with Crippen molar-refractivity contribution in [2.45, 2.75) is 44.7 Å². The molecule has 0 aromatic heterocycles. The fraction of sp³-hybridized carbons (Fsp3) is 0.562. The van der Waals surface area contributed by atoms with Crippen LogP contribution in [-0.4, -0.2) is 19.1 Å². The number of ether oxygens (including phenoxy) is 1. The van der Waals surface area contributed by atoms with Crippen LogP contribution in [0.3, 0.4) is 0 Å². The number of amides is 1. The Labute approximate surface area is 120 Å². The van der Waals surface area contributed by atoms with E-state index in [9.17, 15) is 4.79 Å². The van der Waals surface area contributed by atoms with Crippen LogP contribution in [0.2, 0.25) is 0 Å². The maximum absolute atomic E-state index is 12.3. The lowest BCUT2D eigenvalue weighted by Crippen LogP contribution is -2.38. The third-order valence-corrected chi connectivity index (χ3v) is 4.05. The molecule has 1 aliphatic rings. The summed E-state index contributed by atoms with van der Waals surface area (Å²) in [7, 11) is 1.65. The van der Waals surface area contributed by atoms with E-state index in [1.807, 2.05) is 31.2 Å². The van der Waals surface area contributed by atoms with Gasteiger partial charge in [-0.3, -0.25) is 4.79 Å². The first-order chi connectivity index (χ1) is 9.61. The molecule has 0 heterocycles. The Morgan fingerprint density at radius 3 is 2.85 bits per heavy atom. The number of carbonyl (C=O) groups is 1. The first-order valence-electron chi connectivity index (χ1n) is 7.30. The SMILES string of the molecule is COc1ccccc1[C@H](C)NC(=O)C1CCCC(N)C1. The molecule has 1 aromatic carbocycles. The highest BCUT2D eigenvalue weighted by Gasteiger charge is 2.26. The van der Waals surface area contributed by atoms with Crippen LogP contribution in [0, 0.1) is 5.92 Å². The van der Waals surface area contributed by atoms with E-state index >= 15 is 0 Å². The summed E-state index contributed by atoms with van der Waals surface area (Å²) >= 11 is 0. The van der Waals surface area contributed by atoms with Crippen molar-refractivity contribution in [2.24, 2.45) is 11.7 Å². The molecule has 1 fully saturated rings. The average Bonchev–Trinajstić information content (AvgIpc) is 2.47. The van der Waals surface area contributed by atoms with Gasteiger partial charge in [-0.15, -0.1) is 0 Å². The quantitative estimate of drug-likeness (QED) is 0.887. The summed E-state index contributed by atoms with van der Waals surface area (Å²) in [4.78, 5) is 12.3. The van der Waals surface area contributed by atoms with Gasteiger partial charge in [-0.1, -0.05) is 24.6 Å². The highest BCUT2D eigenvalue weighted by molar-refractivity contribution is 5.79. The molecule has 2 unspecified atom stereocenters. The van der Waals surface area contributed by atoms with Gasteiger partial charge < -0.3 is 15.8 Å². The number of nitrogens with one attached hydrogen (secondary N) is 1. The van der Waals surface area contributed by atoms with Gasteiger partial charge in [-0.05, 0) is 32.3 Å². The van der Waals surface area contributed by atoms with Gasteiger partial charge in [0.15, 0.2) is 0 Å². The second-order valence-electron chi connectivity index (χ2n) is 5.60. The maximum atomic E-state index is 12.3. The van der Waals surface area contributed by atoms with E-state index in [-0.39, 0.29) is 23.9 Å². The molecule has 4 nitrogen and oxygen atoms in total. The number of benzene rings is 1. The average molecular weight is 276 g/mol. The van der Waals surface area contributed by atoms with E-state index in [0.717, 1.165) is 37.0 Å². The van der Waals surface area contributed by atoms with Gasteiger partial charge in [0.25, 0.3) is 0 Å². The zero-order chi connectivity index (χ0) is 14.5. The molecule has 1 aliphatic carbocycles. The van der Waals surface area contributed by atoms with Crippen LogP contribution in [0.5, 0.6) is 5.75 Å². The minimum atomic E-state index is -0.0585. The van der Waals surface area contributed by atoms with Crippen LogP contribution in [-0.2, 0) is 4.79 Å². The number of nitrogens with two attached hydrogens (primary N) is 1. The van der Waals surface area contributed by atoms with Crippen molar-refractivity contribution in [3.63, 3.8) is 0 Å². The van der Waals surface area contributed by atoms with Crippen LogP contribution in [0.1, 0.15) is 44.2 Å². The van der Waals surface area contributed by atoms with Gasteiger partial charge in [-0.2, -0.15) is 0 Å². The molecular formula is C16H24N2O2. The van der Waals surface area contributed by atoms with Crippen LogP contribution < -0.4 is 15.8 Å². The zero-order valence-corrected chi connectivity index (χ0v) is 12.3. The van der Waals surface area contributed by atoms with Gasteiger partial charge in [-0.25, -0.2) is 0 Å². The standard InChI is InChI=1S/C16H24N2O2/c1-11(14-8-3-4-9-15(14)20-2)18-16(19)12-6-5-7-13(17)10-12/h3-4,8-9,11-13H,5-7,10,17H2,1-2H3,(H,18,19)/t11-,12?,13?/m0/s1. The fourth-order valence-electron chi connectivity index (χ4n) is 2.90. The molecule has 20 heavy (non-hydrogen) atoms. The fourth-order valence-corrected chi connectivity index (χ4v) is 2.90. The monoisotopic (exact) mass is 276 g/mol. The topological polar surface area (TPSA) is 64.3 Å². The van der Waals surface area contributed by atoms with E-state index in [2.05, 4.69) is 5.32 Å². The molecule has 1 saturated carbocycles. The second kappa shape index (κ2) is 6.75. The van der Waals surface area contributed by atoms with Gasteiger partial charge in [0.2, 0.25) is 5.91 Å². The molecule has 0 saturated heterocycles. The summed E-state index contributed by atoms with van der Waals surface area (Å²) in [5.41, 5.74) is 6.95. The summed E-state index contributed by atoms with van der Waals surface area (Å²) in [6, 6.07) is 7.89. The molecular weight excluding hydrogens is 252 g/mol. The van der Waals surface area contributed by atoms with Crippen LogP contribution in [0.25, 0.3) is 0 Å². The molecule has 0 spiro atoms. The van der Waals surface area contributed by atoms with Crippen molar-refractivity contribution < 1.29 is 9.53 Å². The largest absolute Gasteiger partial charge is 0.496 e. The van der Waals surface area contributed by atoms with Gasteiger partial charge in [0.1, 0.15) is 5.75 Å². The number of hydrogen-bond acceptors (Lipinski definition) is 3. The highest BCUT2D eigenvalue weighted by atomic mass is 16.5. The summed E-state index contributed by atoms with van der Waals surface area (Å²) in [6.45, 7) is 1.98. The predicted octanol–water partition coefficient (Wildman–Crippen LogP) is 2.39. The van der Waals surface area contributed by atoms with Crippen LogP contribution >= 0.6 is 0 Å².